The molecule has 1 aromatic carbocycles. The standard InChI is InChI=1S/C29H40F2N2O6/c1-18(2)21-8-7-19(3)13-22(21)26-23(34)14-20(15-24(26)35)38-27(37)33-12-11-29(30,31)39-25(36)16-28(17-32)9-5-4-6-10-28/h13-15,21-22,34-35H,1,4-12,16-17,32H2,2-3H3,(H,33,37)/t21-,22+/m0/s1. The normalized spacial score (nSPS) is 21.0. The number of phenols is 2. The molecule has 0 unspecified atom stereocenters. The number of ether oxygens (including phenoxy) is 2. The van der Waals surface area contributed by atoms with Crippen molar-refractivity contribution in [1.29, 1.82) is 0 Å². The van der Waals surface area contributed by atoms with Gasteiger partial charge in [-0.3, -0.25) is 4.79 Å². The molecular weight excluding hydrogens is 510 g/mol. The molecule has 1 aromatic rings. The van der Waals surface area contributed by atoms with Crippen LogP contribution >= 0.6 is 0 Å². The number of allylic oxidation sites excluding steroid dienone is 3. The minimum Gasteiger partial charge on any atom is -0.507 e. The molecule has 216 valence electrons. The quantitative estimate of drug-likeness (QED) is 0.207. The van der Waals surface area contributed by atoms with E-state index in [1.807, 2.05) is 19.9 Å². The molecule has 0 radical (unpaired) electrons. The van der Waals surface area contributed by atoms with Crippen LogP contribution in [0, 0.1) is 11.3 Å². The number of aromatic hydroxyl groups is 2. The average molecular weight is 551 g/mol. The number of amides is 1. The number of halogens is 2. The maximum atomic E-state index is 14.2. The van der Waals surface area contributed by atoms with Crippen LogP contribution < -0.4 is 15.8 Å². The van der Waals surface area contributed by atoms with Crippen molar-refractivity contribution in [2.24, 2.45) is 17.1 Å². The van der Waals surface area contributed by atoms with Gasteiger partial charge in [0.25, 0.3) is 0 Å². The van der Waals surface area contributed by atoms with Crippen molar-refractivity contribution in [2.45, 2.75) is 83.7 Å². The summed E-state index contributed by atoms with van der Waals surface area (Å²) in [5, 5.41) is 23.5. The number of carbonyl (C=O) groups is 2. The van der Waals surface area contributed by atoms with E-state index in [4.69, 9.17) is 10.5 Å². The van der Waals surface area contributed by atoms with Gasteiger partial charge in [-0.25, -0.2) is 4.79 Å². The highest BCUT2D eigenvalue weighted by Crippen LogP contribution is 2.47. The van der Waals surface area contributed by atoms with Crippen molar-refractivity contribution in [3.05, 3.63) is 41.5 Å². The first-order valence-electron chi connectivity index (χ1n) is 13.5. The van der Waals surface area contributed by atoms with Crippen molar-refractivity contribution < 1.29 is 38.1 Å². The van der Waals surface area contributed by atoms with E-state index in [0.717, 1.165) is 43.3 Å². The van der Waals surface area contributed by atoms with Crippen molar-refractivity contribution >= 4 is 12.1 Å². The van der Waals surface area contributed by atoms with Crippen LogP contribution in [0.15, 0.2) is 35.9 Å². The molecule has 0 bridgehead atoms. The number of hydrogen-bond acceptors (Lipinski definition) is 7. The summed E-state index contributed by atoms with van der Waals surface area (Å²) in [4.78, 5) is 24.4. The maximum absolute atomic E-state index is 14.2. The molecule has 2 aliphatic carbocycles. The summed E-state index contributed by atoms with van der Waals surface area (Å²) in [6.07, 6.45) is 1.99. The molecular formula is C29H40F2N2O6. The highest BCUT2D eigenvalue weighted by molar-refractivity contribution is 5.71. The Morgan fingerprint density at radius 2 is 1.85 bits per heavy atom. The molecule has 10 heteroatoms. The number of nitrogens with one attached hydrogen (secondary N) is 1. The summed E-state index contributed by atoms with van der Waals surface area (Å²) in [5.41, 5.74) is 7.68. The zero-order valence-corrected chi connectivity index (χ0v) is 22.7. The molecule has 39 heavy (non-hydrogen) atoms. The molecule has 0 aromatic heterocycles. The summed E-state index contributed by atoms with van der Waals surface area (Å²) in [6, 6.07) is 2.38. The molecule has 0 aliphatic heterocycles. The van der Waals surface area contributed by atoms with Gasteiger partial charge in [-0.15, -0.1) is 0 Å². The van der Waals surface area contributed by atoms with Crippen LogP contribution in [0.4, 0.5) is 13.6 Å². The molecule has 5 N–H and O–H groups in total. The van der Waals surface area contributed by atoms with Crippen LogP contribution in [0.25, 0.3) is 0 Å². The van der Waals surface area contributed by atoms with Gasteiger partial charge >= 0.3 is 18.2 Å². The van der Waals surface area contributed by atoms with Gasteiger partial charge in [0.2, 0.25) is 0 Å². The molecule has 0 spiro atoms. The average Bonchev–Trinajstić information content (AvgIpc) is 2.83. The molecule has 1 amide bonds. The van der Waals surface area contributed by atoms with E-state index in [9.17, 15) is 28.6 Å². The molecule has 0 saturated heterocycles. The van der Waals surface area contributed by atoms with Crippen LogP contribution in [0.1, 0.15) is 83.1 Å². The number of hydrogen-bond donors (Lipinski definition) is 4. The van der Waals surface area contributed by atoms with Gasteiger partial charge in [0.15, 0.2) is 0 Å². The number of alkyl halides is 2. The SMILES string of the molecule is C=C(C)[C@@H]1CCC(C)=C[C@H]1c1c(O)cc(OC(=O)NCCC(F)(F)OC(=O)CC2(CN)CCCCC2)cc1O. The largest absolute Gasteiger partial charge is 0.507 e. The first-order chi connectivity index (χ1) is 18.3. The van der Waals surface area contributed by atoms with Crippen molar-refractivity contribution in [2.75, 3.05) is 13.1 Å². The summed E-state index contributed by atoms with van der Waals surface area (Å²) in [7, 11) is 0. The van der Waals surface area contributed by atoms with Crippen LogP contribution in [-0.4, -0.2) is 41.5 Å². The molecule has 8 nitrogen and oxygen atoms in total. The Labute approximate surface area is 228 Å². The monoisotopic (exact) mass is 550 g/mol. The molecule has 2 atom stereocenters. The van der Waals surface area contributed by atoms with Gasteiger partial charge in [0.05, 0.1) is 12.8 Å². The highest BCUT2D eigenvalue weighted by Gasteiger charge is 2.39. The Balaban J connectivity index is 1.54. The highest BCUT2D eigenvalue weighted by atomic mass is 19.3. The molecule has 2 aliphatic rings. The summed E-state index contributed by atoms with van der Waals surface area (Å²) >= 11 is 0. The fourth-order valence-corrected chi connectivity index (χ4v) is 5.67. The van der Waals surface area contributed by atoms with E-state index >= 15 is 0 Å². The molecule has 1 fully saturated rings. The van der Waals surface area contributed by atoms with Gasteiger partial charge in [-0.05, 0) is 57.4 Å². The summed E-state index contributed by atoms with van der Waals surface area (Å²) < 4.78 is 37.9. The smallest absolute Gasteiger partial charge is 0.412 e. The van der Waals surface area contributed by atoms with Crippen LogP contribution in [0.5, 0.6) is 17.2 Å². The fraction of sp³-hybridized carbons (Fsp3) is 0.586. The van der Waals surface area contributed by atoms with Gasteiger partial charge < -0.3 is 30.7 Å². The van der Waals surface area contributed by atoms with Gasteiger partial charge in [0.1, 0.15) is 17.2 Å². The zero-order chi connectivity index (χ0) is 28.8. The molecule has 0 heterocycles. The number of rotatable bonds is 10. The van der Waals surface area contributed by atoms with Gasteiger partial charge in [0, 0.05) is 30.2 Å². The lowest BCUT2D eigenvalue weighted by atomic mass is 9.72. The molecule has 3 rings (SSSR count). The van der Waals surface area contributed by atoms with Gasteiger partial charge in [-0.1, -0.05) is 43.1 Å². The predicted molar refractivity (Wildman–Crippen MR) is 143 cm³/mol. The first-order valence-corrected chi connectivity index (χ1v) is 13.5. The van der Waals surface area contributed by atoms with Crippen LogP contribution in [0.2, 0.25) is 0 Å². The van der Waals surface area contributed by atoms with E-state index < -0.39 is 36.6 Å². The van der Waals surface area contributed by atoms with Crippen molar-refractivity contribution in [1.82, 2.24) is 5.32 Å². The Kier molecular flexibility index (Phi) is 9.98. The van der Waals surface area contributed by atoms with Crippen LogP contribution in [0.3, 0.4) is 0 Å². The topological polar surface area (TPSA) is 131 Å². The summed E-state index contributed by atoms with van der Waals surface area (Å²) in [5.74, 6) is -1.95. The minimum atomic E-state index is -3.78. The number of esters is 1. The maximum Gasteiger partial charge on any atom is 0.412 e. The van der Waals surface area contributed by atoms with Crippen molar-refractivity contribution in [3.63, 3.8) is 0 Å². The first kappa shape index (κ1) is 30.4. The number of benzene rings is 1. The van der Waals surface area contributed by atoms with E-state index in [1.54, 1.807) is 0 Å². The second-order valence-corrected chi connectivity index (χ2v) is 11.0. The van der Waals surface area contributed by atoms with Gasteiger partial charge in [-0.2, -0.15) is 8.78 Å². The van der Waals surface area contributed by atoms with E-state index in [0.29, 0.717) is 18.4 Å². The Morgan fingerprint density at radius 3 is 2.44 bits per heavy atom. The Hall–Kier alpha value is -3.14. The fourth-order valence-electron chi connectivity index (χ4n) is 5.67. The van der Waals surface area contributed by atoms with E-state index in [-0.39, 0.29) is 42.0 Å². The minimum absolute atomic E-state index is 0.0276. The lowest BCUT2D eigenvalue weighted by molar-refractivity contribution is -0.236. The number of carbonyl (C=O) groups excluding carboxylic acids is 2. The van der Waals surface area contributed by atoms with E-state index in [2.05, 4.69) is 16.6 Å². The Bertz CT molecular complexity index is 1070. The summed E-state index contributed by atoms with van der Waals surface area (Å²) in [6.45, 7) is 7.62. The number of nitrogens with two attached hydrogens (primary N) is 1. The van der Waals surface area contributed by atoms with Crippen LogP contribution in [-0.2, 0) is 9.53 Å². The third-order valence-corrected chi connectivity index (χ3v) is 7.85. The third-order valence-electron chi connectivity index (χ3n) is 7.85. The lowest BCUT2D eigenvalue weighted by Gasteiger charge is -2.35. The predicted octanol–water partition coefficient (Wildman–Crippen LogP) is 6.03. The second-order valence-electron chi connectivity index (χ2n) is 11.0. The third kappa shape index (κ3) is 8.17. The van der Waals surface area contributed by atoms with E-state index in [1.165, 1.54) is 12.1 Å². The Morgan fingerprint density at radius 1 is 1.21 bits per heavy atom. The number of phenolic OH excluding ortho intramolecular Hbond substituents is 2. The van der Waals surface area contributed by atoms with Crippen molar-refractivity contribution in [3.8, 4) is 17.2 Å². The molecule has 1 saturated carbocycles. The zero-order valence-electron chi connectivity index (χ0n) is 22.7. The lowest BCUT2D eigenvalue weighted by Crippen LogP contribution is -2.38. The second kappa shape index (κ2) is 12.8.